The third-order valence-electron chi connectivity index (χ3n) is 2.75. The van der Waals surface area contributed by atoms with E-state index in [4.69, 9.17) is 4.74 Å². The average molecular weight is 158 g/mol. The summed E-state index contributed by atoms with van der Waals surface area (Å²) in [6, 6.07) is 0. The zero-order valence-corrected chi connectivity index (χ0v) is 7.42. The second-order valence-electron chi connectivity index (χ2n) is 3.35. The molecular formula is C9H18O2. The Morgan fingerprint density at radius 1 is 1.36 bits per heavy atom. The number of rotatable bonds is 3. The van der Waals surface area contributed by atoms with E-state index in [1.165, 1.54) is 0 Å². The summed E-state index contributed by atoms with van der Waals surface area (Å²) in [4.78, 5) is 0. The normalized spacial score (nSPS) is 31.6. The van der Waals surface area contributed by atoms with E-state index in [1.54, 1.807) is 0 Å². The van der Waals surface area contributed by atoms with Gasteiger partial charge in [0.05, 0.1) is 19.3 Å². The summed E-state index contributed by atoms with van der Waals surface area (Å²) >= 11 is 0. The number of hydrogen-bond donors (Lipinski definition) is 1. The molecule has 1 aliphatic heterocycles. The van der Waals surface area contributed by atoms with Crippen LogP contribution in [0.1, 0.15) is 26.7 Å². The SMILES string of the molecule is CCC(CC)C1COCC1O. The highest BCUT2D eigenvalue weighted by Crippen LogP contribution is 2.27. The fourth-order valence-electron chi connectivity index (χ4n) is 1.90. The van der Waals surface area contributed by atoms with Crippen LogP contribution in [-0.4, -0.2) is 24.4 Å². The molecule has 0 bridgehead atoms. The second-order valence-corrected chi connectivity index (χ2v) is 3.35. The van der Waals surface area contributed by atoms with Crippen LogP contribution < -0.4 is 0 Å². The first kappa shape index (κ1) is 9.01. The monoisotopic (exact) mass is 158 g/mol. The van der Waals surface area contributed by atoms with Crippen molar-refractivity contribution in [2.75, 3.05) is 13.2 Å². The molecule has 0 saturated carbocycles. The smallest absolute Gasteiger partial charge is 0.0826 e. The predicted molar refractivity (Wildman–Crippen MR) is 44.4 cm³/mol. The van der Waals surface area contributed by atoms with Crippen LogP contribution >= 0.6 is 0 Å². The molecule has 0 amide bonds. The first-order chi connectivity index (χ1) is 5.29. The minimum absolute atomic E-state index is 0.208. The van der Waals surface area contributed by atoms with Crippen molar-refractivity contribution in [1.82, 2.24) is 0 Å². The van der Waals surface area contributed by atoms with Gasteiger partial charge in [0, 0.05) is 5.92 Å². The molecule has 1 N–H and O–H groups in total. The van der Waals surface area contributed by atoms with Gasteiger partial charge in [0.1, 0.15) is 0 Å². The summed E-state index contributed by atoms with van der Waals surface area (Å²) in [5.41, 5.74) is 0. The van der Waals surface area contributed by atoms with Crippen molar-refractivity contribution < 1.29 is 9.84 Å². The molecule has 1 rings (SSSR count). The summed E-state index contributed by atoms with van der Waals surface area (Å²) in [7, 11) is 0. The number of hydrogen-bond acceptors (Lipinski definition) is 2. The van der Waals surface area contributed by atoms with Gasteiger partial charge in [-0.15, -0.1) is 0 Å². The number of aliphatic hydroxyl groups is 1. The van der Waals surface area contributed by atoms with Crippen LogP contribution in [0.15, 0.2) is 0 Å². The van der Waals surface area contributed by atoms with E-state index in [1.807, 2.05) is 0 Å². The van der Waals surface area contributed by atoms with E-state index in [-0.39, 0.29) is 6.10 Å². The Labute approximate surface area is 68.6 Å². The lowest BCUT2D eigenvalue weighted by Gasteiger charge is -2.21. The van der Waals surface area contributed by atoms with Crippen LogP contribution in [0.3, 0.4) is 0 Å². The summed E-state index contributed by atoms with van der Waals surface area (Å²) in [6.45, 7) is 5.66. The van der Waals surface area contributed by atoms with Gasteiger partial charge in [-0.05, 0) is 5.92 Å². The molecule has 2 unspecified atom stereocenters. The fraction of sp³-hybridized carbons (Fsp3) is 1.00. The molecule has 1 heterocycles. The lowest BCUT2D eigenvalue weighted by Crippen LogP contribution is -2.25. The van der Waals surface area contributed by atoms with E-state index in [2.05, 4.69) is 13.8 Å². The first-order valence-corrected chi connectivity index (χ1v) is 4.55. The average Bonchev–Trinajstić information content (AvgIpc) is 2.40. The van der Waals surface area contributed by atoms with E-state index in [0.29, 0.717) is 18.4 Å². The van der Waals surface area contributed by atoms with Crippen molar-refractivity contribution in [3.05, 3.63) is 0 Å². The van der Waals surface area contributed by atoms with Crippen molar-refractivity contribution in [2.24, 2.45) is 11.8 Å². The minimum Gasteiger partial charge on any atom is -0.390 e. The fourth-order valence-corrected chi connectivity index (χ4v) is 1.90. The number of ether oxygens (including phenoxy) is 1. The molecule has 0 aromatic carbocycles. The van der Waals surface area contributed by atoms with Crippen molar-refractivity contribution in [2.45, 2.75) is 32.8 Å². The van der Waals surface area contributed by atoms with Gasteiger partial charge < -0.3 is 9.84 Å². The third kappa shape index (κ3) is 1.94. The lowest BCUT2D eigenvalue weighted by molar-refractivity contribution is 0.102. The third-order valence-corrected chi connectivity index (χ3v) is 2.75. The van der Waals surface area contributed by atoms with Crippen molar-refractivity contribution >= 4 is 0 Å². The molecule has 2 heteroatoms. The van der Waals surface area contributed by atoms with E-state index >= 15 is 0 Å². The first-order valence-electron chi connectivity index (χ1n) is 4.55. The Morgan fingerprint density at radius 3 is 2.36 bits per heavy atom. The standard InChI is InChI=1S/C9H18O2/c1-3-7(4-2)8-5-11-6-9(8)10/h7-10H,3-6H2,1-2H3. The van der Waals surface area contributed by atoms with Crippen LogP contribution in [0.25, 0.3) is 0 Å². The Bertz CT molecular complexity index is 110. The van der Waals surface area contributed by atoms with E-state index < -0.39 is 0 Å². The molecule has 0 radical (unpaired) electrons. The number of aliphatic hydroxyl groups excluding tert-OH is 1. The molecule has 0 aromatic rings. The summed E-state index contributed by atoms with van der Waals surface area (Å²) in [5, 5.41) is 9.50. The highest BCUT2D eigenvalue weighted by atomic mass is 16.5. The Kier molecular flexibility index (Phi) is 3.34. The molecule has 1 fully saturated rings. The molecule has 2 atom stereocenters. The molecule has 0 spiro atoms. The summed E-state index contributed by atoms with van der Waals surface area (Å²) < 4.78 is 5.20. The molecule has 1 aliphatic rings. The van der Waals surface area contributed by atoms with Crippen LogP contribution in [0.5, 0.6) is 0 Å². The molecule has 0 aromatic heterocycles. The molecule has 2 nitrogen and oxygen atoms in total. The molecule has 66 valence electrons. The maximum atomic E-state index is 9.50. The van der Waals surface area contributed by atoms with Crippen molar-refractivity contribution in [3.63, 3.8) is 0 Å². The minimum atomic E-state index is -0.208. The predicted octanol–water partition coefficient (Wildman–Crippen LogP) is 1.43. The second kappa shape index (κ2) is 4.07. The summed E-state index contributed by atoms with van der Waals surface area (Å²) in [6.07, 6.45) is 2.10. The van der Waals surface area contributed by atoms with Gasteiger partial charge in [0.15, 0.2) is 0 Å². The van der Waals surface area contributed by atoms with E-state index in [0.717, 1.165) is 19.4 Å². The van der Waals surface area contributed by atoms with Gasteiger partial charge in [-0.3, -0.25) is 0 Å². The van der Waals surface area contributed by atoms with Gasteiger partial charge in [-0.2, -0.15) is 0 Å². The van der Waals surface area contributed by atoms with Crippen LogP contribution in [0.4, 0.5) is 0 Å². The maximum Gasteiger partial charge on any atom is 0.0826 e. The topological polar surface area (TPSA) is 29.5 Å². The Balaban J connectivity index is 2.43. The van der Waals surface area contributed by atoms with Crippen LogP contribution in [0, 0.1) is 11.8 Å². The maximum absolute atomic E-state index is 9.50. The Hall–Kier alpha value is -0.0800. The van der Waals surface area contributed by atoms with Crippen LogP contribution in [0.2, 0.25) is 0 Å². The van der Waals surface area contributed by atoms with Crippen molar-refractivity contribution in [1.29, 1.82) is 0 Å². The van der Waals surface area contributed by atoms with Crippen LogP contribution in [-0.2, 0) is 4.74 Å². The van der Waals surface area contributed by atoms with Crippen molar-refractivity contribution in [3.8, 4) is 0 Å². The zero-order chi connectivity index (χ0) is 8.27. The molecule has 11 heavy (non-hydrogen) atoms. The summed E-state index contributed by atoms with van der Waals surface area (Å²) in [5.74, 6) is 1.04. The molecule has 0 aliphatic carbocycles. The van der Waals surface area contributed by atoms with E-state index in [9.17, 15) is 5.11 Å². The quantitative estimate of drug-likeness (QED) is 0.673. The highest BCUT2D eigenvalue weighted by Gasteiger charge is 2.31. The highest BCUT2D eigenvalue weighted by molar-refractivity contribution is 4.79. The Morgan fingerprint density at radius 2 is 2.00 bits per heavy atom. The van der Waals surface area contributed by atoms with Gasteiger partial charge in [-0.25, -0.2) is 0 Å². The molecular weight excluding hydrogens is 140 g/mol. The van der Waals surface area contributed by atoms with Gasteiger partial charge >= 0.3 is 0 Å². The largest absolute Gasteiger partial charge is 0.390 e. The van der Waals surface area contributed by atoms with Gasteiger partial charge in [0.2, 0.25) is 0 Å². The van der Waals surface area contributed by atoms with Gasteiger partial charge in [0.25, 0.3) is 0 Å². The molecule has 1 saturated heterocycles. The van der Waals surface area contributed by atoms with Gasteiger partial charge in [-0.1, -0.05) is 26.7 Å². The zero-order valence-electron chi connectivity index (χ0n) is 7.42. The lowest BCUT2D eigenvalue weighted by atomic mass is 9.86.